The molecule has 1 aromatic rings. The molecule has 1 atom stereocenters. The molecular formula is C12H14ClF3N2O2. The van der Waals surface area contributed by atoms with Gasteiger partial charge in [0.05, 0.1) is 15.6 Å². The summed E-state index contributed by atoms with van der Waals surface area (Å²) >= 11 is 5.89. The van der Waals surface area contributed by atoms with Crippen LogP contribution >= 0.6 is 11.6 Å². The van der Waals surface area contributed by atoms with E-state index in [0.717, 1.165) is 0 Å². The highest BCUT2D eigenvalue weighted by atomic mass is 35.5. The van der Waals surface area contributed by atoms with Crippen LogP contribution in [0.4, 0.5) is 24.5 Å². The molecule has 0 radical (unpaired) electrons. The predicted octanol–water partition coefficient (Wildman–Crippen LogP) is 4.78. The Hall–Kier alpha value is -1.50. The number of nitro benzene ring substituents is 1. The number of non-ortho nitro benzene ring substituents is 1. The summed E-state index contributed by atoms with van der Waals surface area (Å²) < 4.78 is 36.1. The fourth-order valence-corrected chi connectivity index (χ4v) is 1.86. The van der Waals surface area contributed by atoms with E-state index in [4.69, 9.17) is 11.6 Å². The van der Waals surface area contributed by atoms with Crippen molar-refractivity contribution in [3.8, 4) is 0 Å². The van der Waals surface area contributed by atoms with E-state index < -0.39 is 17.5 Å². The molecule has 0 heterocycles. The number of hydrogen-bond donors (Lipinski definition) is 1. The third-order valence-corrected chi connectivity index (χ3v) is 2.99. The number of hydrogen-bond acceptors (Lipinski definition) is 3. The van der Waals surface area contributed by atoms with Gasteiger partial charge >= 0.3 is 6.18 Å². The maximum atomic E-state index is 12.0. The number of rotatable bonds is 6. The lowest BCUT2D eigenvalue weighted by molar-refractivity contribution is -0.384. The summed E-state index contributed by atoms with van der Waals surface area (Å²) in [6, 6.07) is 3.64. The highest BCUT2D eigenvalue weighted by molar-refractivity contribution is 6.33. The Labute approximate surface area is 119 Å². The first-order valence-electron chi connectivity index (χ1n) is 5.96. The van der Waals surface area contributed by atoms with Gasteiger partial charge in [-0.25, -0.2) is 0 Å². The van der Waals surface area contributed by atoms with Gasteiger partial charge in [0.15, 0.2) is 0 Å². The summed E-state index contributed by atoms with van der Waals surface area (Å²) in [5, 5.41) is 13.8. The third kappa shape index (κ3) is 5.64. The Balaban J connectivity index is 2.59. The Morgan fingerprint density at radius 3 is 2.65 bits per heavy atom. The topological polar surface area (TPSA) is 55.2 Å². The number of alkyl halides is 3. The number of nitro groups is 1. The minimum atomic E-state index is -4.16. The summed E-state index contributed by atoms with van der Waals surface area (Å²) in [7, 11) is 0. The number of anilines is 1. The fourth-order valence-electron chi connectivity index (χ4n) is 1.68. The van der Waals surface area contributed by atoms with Gasteiger partial charge in [0.1, 0.15) is 0 Å². The quantitative estimate of drug-likeness (QED) is 0.607. The first-order chi connectivity index (χ1) is 9.19. The second-order valence-electron chi connectivity index (χ2n) is 4.47. The van der Waals surface area contributed by atoms with Crippen molar-refractivity contribution in [1.29, 1.82) is 0 Å². The largest absolute Gasteiger partial charge is 0.389 e. The van der Waals surface area contributed by atoms with Crippen molar-refractivity contribution in [1.82, 2.24) is 0 Å². The predicted molar refractivity (Wildman–Crippen MR) is 71.1 cm³/mol. The maximum absolute atomic E-state index is 12.0. The summed E-state index contributed by atoms with van der Waals surface area (Å²) in [6.07, 6.45) is -4.73. The number of nitrogens with zero attached hydrogens (tertiary/aromatic N) is 1. The monoisotopic (exact) mass is 310 g/mol. The third-order valence-electron chi connectivity index (χ3n) is 2.66. The van der Waals surface area contributed by atoms with Crippen LogP contribution in [0.25, 0.3) is 0 Å². The van der Waals surface area contributed by atoms with Gasteiger partial charge in [-0.2, -0.15) is 13.2 Å². The lowest BCUT2D eigenvalue weighted by Crippen LogP contribution is -2.17. The first-order valence-corrected chi connectivity index (χ1v) is 6.34. The van der Waals surface area contributed by atoms with Crippen LogP contribution in [-0.4, -0.2) is 17.1 Å². The van der Waals surface area contributed by atoms with Gasteiger partial charge in [-0.3, -0.25) is 10.1 Å². The van der Waals surface area contributed by atoms with Crippen molar-refractivity contribution in [3.05, 3.63) is 33.3 Å². The average Bonchev–Trinajstić information content (AvgIpc) is 2.30. The van der Waals surface area contributed by atoms with Gasteiger partial charge in [0.2, 0.25) is 0 Å². The molecule has 1 rings (SSSR count). The van der Waals surface area contributed by atoms with E-state index in [-0.39, 0.29) is 18.2 Å². The lowest BCUT2D eigenvalue weighted by atomic mass is 10.1. The van der Waals surface area contributed by atoms with Crippen LogP contribution in [0, 0.1) is 10.1 Å². The molecule has 1 aromatic carbocycles. The van der Waals surface area contributed by atoms with Crippen molar-refractivity contribution < 1.29 is 18.1 Å². The second kappa shape index (κ2) is 6.78. The second-order valence-corrected chi connectivity index (χ2v) is 4.88. The van der Waals surface area contributed by atoms with Gasteiger partial charge in [0, 0.05) is 24.6 Å². The van der Waals surface area contributed by atoms with Gasteiger partial charge in [-0.15, -0.1) is 0 Å². The number of benzene rings is 1. The molecular weight excluding hydrogens is 297 g/mol. The van der Waals surface area contributed by atoms with Crippen LogP contribution in [0.5, 0.6) is 0 Å². The van der Waals surface area contributed by atoms with Crippen molar-refractivity contribution >= 4 is 23.0 Å². The van der Waals surface area contributed by atoms with Gasteiger partial charge in [-0.1, -0.05) is 11.6 Å². The molecule has 0 spiro atoms. The Morgan fingerprint density at radius 2 is 2.10 bits per heavy atom. The van der Waals surface area contributed by atoms with Gasteiger partial charge in [-0.05, 0) is 25.8 Å². The highest BCUT2D eigenvalue weighted by Gasteiger charge is 2.26. The summed E-state index contributed by atoms with van der Waals surface area (Å²) in [5.74, 6) is 0. The first kappa shape index (κ1) is 16.6. The molecule has 0 bridgehead atoms. The van der Waals surface area contributed by atoms with Crippen LogP contribution in [0.2, 0.25) is 5.02 Å². The van der Waals surface area contributed by atoms with Crippen molar-refractivity contribution in [3.63, 3.8) is 0 Å². The lowest BCUT2D eigenvalue weighted by Gasteiger charge is -2.16. The minimum Gasteiger partial charge on any atom is -0.381 e. The molecule has 1 N–H and O–H groups in total. The molecule has 0 aliphatic heterocycles. The van der Waals surface area contributed by atoms with E-state index >= 15 is 0 Å². The van der Waals surface area contributed by atoms with Gasteiger partial charge in [0.25, 0.3) is 5.69 Å². The summed E-state index contributed by atoms with van der Waals surface area (Å²) in [5.41, 5.74) is 0.222. The van der Waals surface area contributed by atoms with E-state index in [9.17, 15) is 23.3 Å². The zero-order valence-corrected chi connectivity index (χ0v) is 11.5. The molecule has 0 saturated carbocycles. The van der Waals surface area contributed by atoms with Crippen molar-refractivity contribution in [2.75, 3.05) is 5.32 Å². The molecule has 0 aliphatic rings. The van der Waals surface area contributed by atoms with E-state index in [2.05, 4.69) is 5.32 Å². The van der Waals surface area contributed by atoms with E-state index in [1.54, 1.807) is 6.92 Å². The maximum Gasteiger partial charge on any atom is 0.389 e. The van der Waals surface area contributed by atoms with E-state index in [1.807, 2.05) is 0 Å². The fraction of sp³-hybridized carbons (Fsp3) is 0.500. The van der Waals surface area contributed by atoms with Crippen molar-refractivity contribution in [2.45, 2.75) is 38.4 Å². The zero-order valence-electron chi connectivity index (χ0n) is 10.7. The Morgan fingerprint density at radius 1 is 1.45 bits per heavy atom. The Bertz CT molecular complexity index is 480. The average molecular weight is 311 g/mol. The normalized spacial score (nSPS) is 13.1. The molecule has 0 amide bonds. The molecule has 0 saturated heterocycles. The van der Waals surface area contributed by atoms with Crippen molar-refractivity contribution in [2.24, 2.45) is 0 Å². The smallest absolute Gasteiger partial charge is 0.381 e. The standard InChI is InChI=1S/C12H14ClF3N2O2/c1-8(3-2-6-12(14,15)16)17-11-7-9(18(19)20)4-5-10(11)13/h4-5,7-8,17H,2-3,6H2,1H3. The molecule has 8 heteroatoms. The number of nitrogens with one attached hydrogen (secondary N) is 1. The molecule has 4 nitrogen and oxygen atoms in total. The van der Waals surface area contributed by atoms with Crippen LogP contribution in [-0.2, 0) is 0 Å². The molecule has 20 heavy (non-hydrogen) atoms. The molecule has 0 aromatic heterocycles. The van der Waals surface area contributed by atoms with Crippen LogP contribution < -0.4 is 5.32 Å². The Kier molecular flexibility index (Phi) is 5.62. The van der Waals surface area contributed by atoms with Crippen LogP contribution in [0.1, 0.15) is 26.2 Å². The summed E-state index contributed by atoms with van der Waals surface area (Å²) in [4.78, 5) is 10.1. The van der Waals surface area contributed by atoms with Gasteiger partial charge < -0.3 is 5.32 Å². The van der Waals surface area contributed by atoms with Crippen LogP contribution in [0.3, 0.4) is 0 Å². The zero-order chi connectivity index (χ0) is 15.3. The molecule has 0 aliphatic carbocycles. The molecule has 112 valence electrons. The number of halogens is 4. The highest BCUT2D eigenvalue weighted by Crippen LogP contribution is 2.28. The summed E-state index contributed by atoms with van der Waals surface area (Å²) in [6.45, 7) is 1.70. The SMILES string of the molecule is CC(CCCC(F)(F)F)Nc1cc([N+](=O)[O-])ccc1Cl. The minimum absolute atomic E-state index is 0.00971. The van der Waals surface area contributed by atoms with E-state index in [1.165, 1.54) is 18.2 Å². The molecule has 1 unspecified atom stereocenters. The van der Waals surface area contributed by atoms with E-state index in [0.29, 0.717) is 17.1 Å². The molecule has 0 fully saturated rings. The van der Waals surface area contributed by atoms with Crippen LogP contribution in [0.15, 0.2) is 18.2 Å².